The Kier molecular flexibility index (Phi) is 11.4. The molecule has 0 saturated carbocycles. The predicted molar refractivity (Wildman–Crippen MR) is 167 cm³/mol. The molecule has 3 aromatic rings. The highest BCUT2D eigenvalue weighted by molar-refractivity contribution is 7.92. The summed E-state index contributed by atoms with van der Waals surface area (Å²) in [5.41, 5.74) is 2.91. The van der Waals surface area contributed by atoms with Gasteiger partial charge in [0.25, 0.3) is 10.0 Å². The number of ether oxygens (including phenoxy) is 1. The number of rotatable bonds is 13. The first kappa shape index (κ1) is 32.9. The molecular weight excluding hydrogens is 574 g/mol. The van der Waals surface area contributed by atoms with Crippen LogP contribution in [0.25, 0.3) is 0 Å². The van der Waals surface area contributed by atoms with Crippen LogP contribution in [0, 0.1) is 13.8 Å². The first-order valence-electron chi connectivity index (χ1n) is 14.0. The largest absolute Gasteiger partial charge is 0.495 e. The molecule has 0 saturated heterocycles. The van der Waals surface area contributed by atoms with Gasteiger partial charge in [0.1, 0.15) is 18.3 Å². The van der Waals surface area contributed by atoms with Gasteiger partial charge in [-0.15, -0.1) is 0 Å². The molecule has 2 amide bonds. The summed E-state index contributed by atoms with van der Waals surface area (Å²) in [6.45, 7) is 9.10. The fourth-order valence-electron chi connectivity index (χ4n) is 4.51. The summed E-state index contributed by atoms with van der Waals surface area (Å²) in [5, 5.41) is 3.18. The lowest BCUT2D eigenvalue weighted by Crippen LogP contribution is -2.53. The normalized spacial score (nSPS) is 12.7. The minimum Gasteiger partial charge on any atom is -0.495 e. The number of methoxy groups -OCH3 is 1. The maximum absolute atomic E-state index is 14.2. The summed E-state index contributed by atoms with van der Waals surface area (Å²) in [5.74, 6) is -0.436. The minimum atomic E-state index is -4.21. The molecule has 8 nitrogen and oxygen atoms in total. The molecule has 0 unspecified atom stereocenters. The van der Waals surface area contributed by atoms with Crippen LogP contribution in [-0.2, 0) is 26.2 Å². The average Bonchev–Trinajstić information content (AvgIpc) is 2.96. The van der Waals surface area contributed by atoms with Crippen molar-refractivity contribution in [2.75, 3.05) is 18.0 Å². The Morgan fingerprint density at radius 1 is 0.976 bits per heavy atom. The molecule has 0 aliphatic heterocycles. The lowest BCUT2D eigenvalue weighted by molar-refractivity contribution is -0.140. The van der Waals surface area contributed by atoms with Crippen molar-refractivity contribution in [3.05, 3.63) is 88.4 Å². The van der Waals surface area contributed by atoms with E-state index in [0.717, 1.165) is 27.4 Å². The number of sulfonamides is 1. The second-order valence-corrected chi connectivity index (χ2v) is 12.6. The average molecular weight is 614 g/mol. The maximum Gasteiger partial charge on any atom is 0.264 e. The monoisotopic (exact) mass is 613 g/mol. The van der Waals surface area contributed by atoms with E-state index in [-0.39, 0.29) is 34.1 Å². The molecule has 0 fully saturated rings. The van der Waals surface area contributed by atoms with Crippen LogP contribution in [0.15, 0.2) is 71.6 Å². The third kappa shape index (κ3) is 7.83. The molecule has 2 atom stereocenters. The van der Waals surface area contributed by atoms with Crippen molar-refractivity contribution in [3.8, 4) is 5.75 Å². The third-order valence-electron chi connectivity index (χ3n) is 7.30. The van der Waals surface area contributed by atoms with Crippen LogP contribution < -0.4 is 14.4 Å². The van der Waals surface area contributed by atoms with Crippen LogP contribution >= 0.6 is 11.6 Å². The van der Waals surface area contributed by atoms with Crippen molar-refractivity contribution in [1.29, 1.82) is 0 Å². The van der Waals surface area contributed by atoms with Gasteiger partial charge in [-0.2, -0.15) is 0 Å². The number of aryl methyl sites for hydroxylation is 2. The van der Waals surface area contributed by atoms with E-state index in [1.165, 1.54) is 30.2 Å². The van der Waals surface area contributed by atoms with Crippen molar-refractivity contribution in [2.24, 2.45) is 0 Å². The van der Waals surface area contributed by atoms with E-state index in [2.05, 4.69) is 5.32 Å². The highest BCUT2D eigenvalue weighted by Gasteiger charge is 2.34. The maximum atomic E-state index is 14.2. The summed E-state index contributed by atoms with van der Waals surface area (Å²) in [4.78, 5) is 29.1. The van der Waals surface area contributed by atoms with Crippen molar-refractivity contribution in [1.82, 2.24) is 10.2 Å². The van der Waals surface area contributed by atoms with Gasteiger partial charge in [-0.05, 0) is 75.1 Å². The molecule has 226 valence electrons. The van der Waals surface area contributed by atoms with Gasteiger partial charge in [0.05, 0.1) is 22.7 Å². The van der Waals surface area contributed by atoms with E-state index in [4.69, 9.17) is 16.3 Å². The predicted octanol–water partition coefficient (Wildman–Crippen LogP) is 5.88. The van der Waals surface area contributed by atoms with Gasteiger partial charge >= 0.3 is 0 Å². The van der Waals surface area contributed by atoms with Gasteiger partial charge in [0.15, 0.2) is 0 Å². The van der Waals surface area contributed by atoms with Crippen LogP contribution in [0.3, 0.4) is 0 Å². The number of anilines is 1. The second kappa shape index (κ2) is 14.6. The van der Waals surface area contributed by atoms with Crippen molar-refractivity contribution < 1.29 is 22.7 Å². The quantitative estimate of drug-likeness (QED) is 0.260. The van der Waals surface area contributed by atoms with E-state index < -0.39 is 28.5 Å². The molecular formula is C32H40ClN3O5S. The second-order valence-electron chi connectivity index (χ2n) is 10.3. The number of carbonyl (C=O) groups excluding carboxylic acids is 2. The van der Waals surface area contributed by atoms with E-state index in [9.17, 15) is 18.0 Å². The lowest BCUT2D eigenvalue weighted by atomic mass is 10.1. The van der Waals surface area contributed by atoms with Crippen LogP contribution in [0.2, 0.25) is 5.02 Å². The lowest BCUT2D eigenvalue weighted by Gasteiger charge is -2.34. The van der Waals surface area contributed by atoms with Crippen LogP contribution in [0.1, 0.15) is 50.3 Å². The van der Waals surface area contributed by atoms with E-state index in [1.54, 1.807) is 24.3 Å². The number of benzene rings is 3. The zero-order valence-corrected chi connectivity index (χ0v) is 26.6. The number of carbonyl (C=O) groups is 2. The summed E-state index contributed by atoms with van der Waals surface area (Å²) in [6.07, 6.45) is 1.08. The molecule has 1 N–H and O–H groups in total. The molecule has 10 heteroatoms. The van der Waals surface area contributed by atoms with Gasteiger partial charge in [-0.3, -0.25) is 13.9 Å². The van der Waals surface area contributed by atoms with Gasteiger partial charge in [-0.1, -0.05) is 67.4 Å². The fraction of sp³-hybridized carbons (Fsp3) is 0.375. The Hall–Kier alpha value is -3.56. The molecule has 3 rings (SSSR count). The molecule has 0 heterocycles. The van der Waals surface area contributed by atoms with Gasteiger partial charge in [-0.25, -0.2) is 8.42 Å². The van der Waals surface area contributed by atoms with Gasteiger partial charge < -0.3 is 15.0 Å². The van der Waals surface area contributed by atoms with Crippen molar-refractivity contribution >= 4 is 39.1 Å². The summed E-state index contributed by atoms with van der Waals surface area (Å²) in [7, 11) is -2.74. The zero-order valence-electron chi connectivity index (χ0n) is 25.1. The molecule has 0 aliphatic rings. The molecule has 0 aliphatic carbocycles. The van der Waals surface area contributed by atoms with E-state index in [1.807, 2.05) is 58.9 Å². The number of nitrogens with one attached hydrogen (secondary N) is 1. The van der Waals surface area contributed by atoms with Crippen LogP contribution in [-0.4, -0.2) is 50.9 Å². The SMILES string of the molecule is CC[C@H](C)NC(=O)[C@H](CC)N(Cc1ccccc1C)C(=O)CN(c1ccc(OC)c(Cl)c1)S(=O)(=O)c1ccc(C)cc1. The topological polar surface area (TPSA) is 96.0 Å². The Morgan fingerprint density at radius 2 is 1.64 bits per heavy atom. The van der Waals surface area contributed by atoms with Crippen LogP contribution in [0.4, 0.5) is 5.69 Å². The Morgan fingerprint density at radius 3 is 2.21 bits per heavy atom. The van der Waals surface area contributed by atoms with E-state index >= 15 is 0 Å². The molecule has 0 radical (unpaired) electrons. The molecule has 0 aromatic heterocycles. The number of hydrogen-bond donors (Lipinski definition) is 1. The van der Waals surface area contributed by atoms with Gasteiger partial charge in [0.2, 0.25) is 11.8 Å². The molecule has 42 heavy (non-hydrogen) atoms. The third-order valence-corrected chi connectivity index (χ3v) is 9.38. The Balaban J connectivity index is 2.11. The fourth-order valence-corrected chi connectivity index (χ4v) is 6.17. The van der Waals surface area contributed by atoms with Crippen LogP contribution in [0.5, 0.6) is 5.75 Å². The molecule has 0 bridgehead atoms. The Labute approximate surface area is 254 Å². The van der Waals surface area contributed by atoms with Gasteiger partial charge in [0, 0.05) is 12.6 Å². The smallest absolute Gasteiger partial charge is 0.264 e. The Bertz CT molecular complexity index is 1490. The molecule has 0 spiro atoms. The standard InChI is InChI=1S/C32H40ClN3O5S/c1-7-24(5)34-32(38)29(8-2)35(20-25-12-10-9-11-23(25)4)31(37)21-36(26-15-18-30(41-6)28(33)19-26)42(39,40)27-16-13-22(3)14-17-27/h9-19,24,29H,7-8,20-21H2,1-6H3,(H,34,38)/t24-,29-/m0/s1. The summed E-state index contributed by atoms with van der Waals surface area (Å²) in [6, 6.07) is 17.7. The van der Waals surface area contributed by atoms with E-state index in [0.29, 0.717) is 12.2 Å². The van der Waals surface area contributed by atoms with Crippen molar-refractivity contribution in [3.63, 3.8) is 0 Å². The zero-order chi connectivity index (χ0) is 31.0. The minimum absolute atomic E-state index is 0.0276. The number of amides is 2. The highest BCUT2D eigenvalue weighted by atomic mass is 35.5. The summed E-state index contributed by atoms with van der Waals surface area (Å²) < 4.78 is 34.4. The molecule has 3 aromatic carbocycles. The highest BCUT2D eigenvalue weighted by Crippen LogP contribution is 2.32. The first-order valence-corrected chi connectivity index (χ1v) is 15.8. The number of halogens is 1. The first-order chi connectivity index (χ1) is 19.9. The summed E-state index contributed by atoms with van der Waals surface area (Å²) >= 11 is 6.40. The number of hydrogen-bond acceptors (Lipinski definition) is 5. The van der Waals surface area contributed by atoms with Crippen molar-refractivity contribution in [2.45, 2.75) is 71.0 Å². The number of nitrogens with zero attached hydrogens (tertiary/aromatic N) is 2.